The predicted molar refractivity (Wildman–Crippen MR) is 132 cm³/mol. The van der Waals surface area contributed by atoms with Crippen LogP contribution < -0.4 is 9.47 Å². The number of rotatable bonds is 14. The average molecular weight is 437 g/mol. The number of benzene rings is 2. The third-order valence-electron chi connectivity index (χ3n) is 5.45. The molecule has 0 bridgehead atoms. The summed E-state index contributed by atoms with van der Waals surface area (Å²) in [6, 6.07) is 13.8. The molecule has 32 heavy (non-hydrogen) atoms. The molecule has 0 radical (unpaired) electrons. The molecule has 0 atom stereocenters. The van der Waals surface area contributed by atoms with E-state index in [0.717, 1.165) is 47.7 Å². The van der Waals surface area contributed by atoms with Crippen molar-refractivity contribution in [1.82, 2.24) is 9.88 Å². The lowest BCUT2D eigenvalue weighted by molar-refractivity contribution is 0.229. The number of hydrogen-bond acceptors (Lipinski definition) is 5. The molecule has 0 amide bonds. The lowest BCUT2D eigenvalue weighted by Crippen LogP contribution is -2.28. The maximum atomic E-state index is 5.95. The summed E-state index contributed by atoms with van der Waals surface area (Å²) in [5.41, 5.74) is 2.61. The Morgan fingerprint density at radius 3 is 2.25 bits per heavy atom. The molecule has 0 aliphatic rings. The SMILES string of the molecule is CCCCN(CCCC)CCCOc1ccc(/C=C/c2nc3ccc(OC)cc3o2)cc1. The zero-order valence-electron chi connectivity index (χ0n) is 19.7. The third kappa shape index (κ3) is 7.41. The second kappa shape index (κ2) is 12.9. The Labute approximate surface area is 192 Å². The Hall–Kier alpha value is -2.79. The molecule has 0 saturated carbocycles. The summed E-state index contributed by atoms with van der Waals surface area (Å²) in [5.74, 6) is 2.24. The normalized spacial score (nSPS) is 11.6. The van der Waals surface area contributed by atoms with E-state index in [1.54, 1.807) is 7.11 Å². The van der Waals surface area contributed by atoms with Gasteiger partial charge in [-0.3, -0.25) is 0 Å². The van der Waals surface area contributed by atoms with Crippen molar-refractivity contribution in [3.05, 3.63) is 53.9 Å². The summed E-state index contributed by atoms with van der Waals surface area (Å²) in [5, 5.41) is 0. The van der Waals surface area contributed by atoms with E-state index >= 15 is 0 Å². The van der Waals surface area contributed by atoms with E-state index in [9.17, 15) is 0 Å². The fourth-order valence-electron chi connectivity index (χ4n) is 3.54. The number of fused-ring (bicyclic) bond motifs is 1. The number of hydrogen-bond donors (Lipinski definition) is 0. The summed E-state index contributed by atoms with van der Waals surface area (Å²) in [6.45, 7) is 8.76. The number of unbranched alkanes of at least 4 members (excludes halogenated alkanes) is 2. The highest BCUT2D eigenvalue weighted by Gasteiger charge is 2.05. The van der Waals surface area contributed by atoms with E-state index < -0.39 is 0 Å². The van der Waals surface area contributed by atoms with Gasteiger partial charge in [0.25, 0.3) is 0 Å². The van der Waals surface area contributed by atoms with Crippen LogP contribution in [0, 0.1) is 0 Å². The highest BCUT2D eigenvalue weighted by molar-refractivity contribution is 5.77. The highest BCUT2D eigenvalue weighted by Crippen LogP contribution is 2.22. The molecule has 172 valence electrons. The molecule has 0 saturated heterocycles. The minimum absolute atomic E-state index is 0.573. The van der Waals surface area contributed by atoms with Crippen LogP contribution in [0.4, 0.5) is 0 Å². The van der Waals surface area contributed by atoms with Gasteiger partial charge in [0.15, 0.2) is 5.58 Å². The van der Waals surface area contributed by atoms with Crippen LogP contribution in [0.3, 0.4) is 0 Å². The standard InChI is InChI=1S/C27H36N2O3/c1-4-6-17-29(18-7-5-2)19-8-20-31-23-12-9-22(10-13-23)11-16-27-28-25-15-14-24(30-3)21-26(25)32-27/h9-16,21H,4-8,17-20H2,1-3H3/b16-11+. The quantitative estimate of drug-likeness (QED) is 0.264. The Morgan fingerprint density at radius 2 is 1.56 bits per heavy atom. The topological polar surface area (TPSA) is 47.7 Å². The van der Waals surface area contributed by atoms with E-state index in [4.69, 9.17) is 13.9 Å². The fourth-order valence-corrected chi connectivity index (χ4v) is 3.54. The van der Waals surface area contributed by atoms with Crippen LogP contribution in [0.2, 0.25) is 0 Å². The van der Waals surface area contributed by atoms with Crippen LogP contribution in [0.5, 0.6) is 11.5 Å². The summed E-state index contributed by atoms with van der Waals surface area (Å²) in [6.07, 6.45) is 9.98. The van der Waals surface area contributed by atoms with Crippen molar-refractivity contribution < 1.29 is 13.9 Å². The van der Waals surface area contributed by atoms with Gasteiger partial charge >= 0.3 is 0 Å². The molecular formula is C27H36N2O3. The molecule has 2 aromatic carbocycles. The first-order valence-corrected chi connectivity index (χ1v) is 11.8. The van der Waals surface area contributed by atoms with E-state index in [0.29, 0.717) is 5.89 Å². The van der Waals surface area contributed by atoms with E-state index in [2.05, 4.69) is 23.7 Å². The summed E-state index contributed by atoms with van der Waals surface area (Å²) >= 11 is 0. The lowest BCUT2D eigenvalue weighted by atomic mass is 10.2. The maximum Gasteiger partial charge on any atom is 0.220 e. The van der Waals surface area contributed by atoms with Crippen LogP contribution >= 0.6 is 0 Å². The highest BCUT2D eigenvalue weighted by atomic mass is 16.5. The van der Waals surface area contributed by atoms with Gasteiger partial charge in [-0.25, -0.2) is 4.98 Å². The van der Waals surface area contributed by atoms with Gasteiger partial charge in [0.2, 0.25) is 5.89 Å². The second-order valence-electron chi connectivity index (χ2n) is 8.04. The van der Waals surface area contributed by atoms with Crippen LogP contribution in [0.25, 0.3) is 23.3 Å². The predicted octanol–water partition coefficient (Wildman–Crippen LogP) is 6.68. The molecular weight excluding hydrogens is 400 g/mol. The van der Waals surface area contributed by atoms with Crippen molar-refractivity contribution in [1.29, 1.82) is 0 Å². The van der Waals surface area contributed by atoms with Gasteiger partial charge in [0.1, 0.15) is 17.0 Å². The largest absolute Gasteiger partial charge is 0.497 e. The van der Waals surface area contributed by atoms with Gasteiger partial charge in [-0.05, 0) is 68.3 Å². The van der Waals surface area contributed by atoms with Gasteiger partial charge < -0.3 is 18.8 Å². The van der Waals surface area contributed by atoms with Gasteiger partial charge in [-0.1, -0.05) is 38.8 Å². The van der Waals surface area contributed by atoms with E-state index in [1.807, 2.05) is 54.6 Å². The number of ether oxygens (including phenoxy) is 2. The van der Waals surface area contributed by atoms with Gasteiger partial charge in [0, 0.05) is 18.7 Å². The molecule has 5 heteroatoms. The first-order chi connectivity index (χ1) is 15.7. The molecule has 0 fully saturated rings. The van der Waals surface area contributed by atoms with Crippen molar-refractivity contribution in [2.75, 3.05) is 33.4 Å². The number of nitrogens with zero attached hydrogens (tertiary/aromatic N) is 2. The van der Waals surface area contributed by atoms with Crippen molar-refractivity contribution in [2.45, 2.75) is 46.0 Å². The minimum atomic E-state index is 0.573. The van der Waals surface area contributed by atoms with Gasteiger partial charge in [-0.15, -0.1) is 0 Å². The lowest BCUT2D eigenvalue weighted by Gasteiger charge is -2.21. The van der Waals surface area contributed by atoms with Crippen molar-refractivity contribution in [3.8, 4) is 11.5 Å². The third-order valence-corrected chi connectivity index (χ3v) is 5.45. The van der Waals surface area contributed by atoms with E-state index in [1.165, 1.54) is 38.8 Å². The Bertz CT molecular complexity index is 955. The molecule has 0 unspecified atom stereocenters. The molecule has 0 aliphatic heterocycles. The number of methoxy groups -OCH3 is 1. The first-order valence-electron chi connectivity index (χ1n) is 11.8. The monoisotopic (exact) mass is 436 g/mol. The molecule has 3 aromatic rings. The molecule has 1 heterocycles. The molecule has 3 rings (SSSR count). The van der Waals surface area contributed by atoms with Crippen LogP contribution in [-0.2, 0) is 0 Å². The van der Waals surface area contributed by atoms with Gasteiger partial charge in [0.05, 0.1) is 13.7 Å². The van der Waals surface area contributed by atoms with Crippen molar-refractivity contribution in [3.63, 3.8) is 0 Å². The smallest absolute Gasteiger partial charge is 0.220 e. The summed E-state index contributed by atoms with van der Waals surface area (Å²) < 4.78 is 17.0. The zero-order chi connectivity index (χ0) is 22.6. The molecule has 0 N–H and O–H groups in total. The second-order valence-corrected chi connectivity index (χ2v) is 8.04. The minimum Gasteiger partial charge on any atom is -0.497 e. The molecule has 0 spiro atoms. The Morgan fingerprint density at radius 1 is 0.875 bits per heavy atom. The average Bonchev–Trinajstić information content (AvgIpc) is 3.24. The molecule has 5 nitrogen and oxygen atoms in total. The zero-order valence-corrected chi connectivity index (χ0v) is 19.7. The molecule has 0 aliphatic carbocycles. The number of oxazole rings is 1. The fraction of sp³-hybridized carbons (Fsp3) is 0.444. The van der Waals surface area contributed by atoms with E-state index in [-0.39, 0.29) is 0 Å². The van der Waals surface area contributed by atoms with Gasteiger partial charge in [-0.2, -0.15) is 0 Å². The molecule has 1 aromatic heterocycles. The van der Waals surface area contributed by atoms with Crippen LogP contribution in [0.15, 0.2) is 46.9 Å². The Kier molecular flexibility index (Phi) is 9.63. The maximum absolute atomic E-state index is 5.95. The van der Waals surface area contributed by atoms with Crippen molar-refractivity contribution >= 4 is 23.3 Å². The first kappa shape index (κ1) is 23.9. The van der Waals surface area contributed by atoms with Crippen LogP contribution in [0.1, 0.15) is 57.4 Å². The summed E-state index contributed by atoms with van der Waals surface area (Å²) in [7, 11) is 1.64. The Balaban J connectivity index is 1.46. The van der Waals surface area contributed by atoms with Crippen molar-refractivity contribution in [2.24, 2.45) is 0 Å². The number of aromatic nitrogens is 1. The summed E-state index contributed by atoms with van der Waals surface area (Å²) in [4.78, 5) is 7.06. The van der Waals surface area contributed by atoms with Crippen LogP contribution in [-0.4, -0.2) is 43.2 Å².